The molecule has 0 bridgehead atoms. The van der Waals surface area contributed by atoms with Gasteiger partial charge in [0.2, 0.25) is 5.79 Å². The van der Waals surface area contributed by atoms with Crippen molar-refractivity contribution in [2.75, 3.05) is 7.11 Å². The van der Waals surface area contributed by atoms with E-state index >= 15 is 0 Å². The van der Waals surface area contributed by atoms with Crippen molar-refractivity contribution in [3.05, 3.63) is 12.2 Å². The second-order valence-corrected chi connectivity index (χ2v) is 18.5. The predicted octanol–water partition coefficient (Wildman–Crippen LogP) is 7.06. The van der Waals surface area contributed by atoms with Gasteiger partial charge in [0.05, 0.1) is 60.7 Å². The minimum Gasteiger partial charge on any atom is -0.469 e. The van der Waals surface area contributed by atoms with Crippen molar-refractivity contribution in [3.8, 4) is 0 Å². The molecule has 57 heavy (non-hydrogen) atoms. The molecule has 12 heteroatoms. The second-order valence-electron chi connectivity index (χ2n) is 18.5. The maximum atomic E-state index is 14.5. The molecular weight excluding hydrogens is 732 g/mol. The van der Waals surface area contributed by atoms with Crippen LogP contribution in [0.1, 0.15) is 140 Å². The van der Waals surface area contributed by atoms with Crippen LogP contribution in [-0.4, -0.2) is 95.1 Å². The van der Waals surface area contributed by atoms with Gasteiger partial charge in [0.15, 0.2) is 11.9 Å². The van der Waals surface area contributed by atoms with E-state index in [9.17, 15) is 24.3 Å². The summed E-state index contributed by atoms with van der Waals surface area (Å²) in [6, 6.07) is 0. The summed E-state index contributed by atoms with van der Waals surface area (Å²) in [4.78, 5) is 53.7. The zero-order valence-corrected chi connectivity index (χ0v) is 36.7. The highest BCUT2D eigenvalue weighted by Crippen LogP contribution is 2.54. The standard InChI is InChI=1S/C45H72O12/c1-13-32(41(49)51-12)34-17-16-25(4)39(54-34)29(8)37(47)28(7)38(48)33(14-2)40-26(5)24-27(6)44(55-40)21-19-36(53-31(10)46)45(57-44)23-22-42(11,56-45)35-18-20-43(50,15-3)30(9)52-35/h19,21,25-30,32-36,39-40,50H,13-18,20,22-24H2,1-12H3/t25-,26-,27+,28?,29-,30-,32+,33-,34+,35+,36+,39+,40-,42-,43+,44-,45-/m0/s1. The number of Topliss-reactive ketones (excluding diaryl/α,β-unsaturated/α-hetero) is 2. The van der Waals surface area contributed by atoms with Gasteiger partial charge in [0.1, 0.15) is 11.6 Å². The summed E-state index contributed by atoms with van der Waals surface area (Å²) in [6.45, 7) is 20.8. The largest absolute Gasteiger partial charge is 0.469 e. The lowest BCUT2D eigenvalue weighted by Crippen LogP contribution is -2.63. The Bertz CT molecular complexity index is 1500. The van der Waals surface area contributed by atoms with E-state index in [0.717, 1.165) is 6.42 Å². The molecule has 0 aliphatic carbocycles. The quantitative estimate of drug-likeness (QED) is 0.115. The topological polar surface area (TPSA) is 153 Å². The average Bonchev–Trinajstić information content (AvgIpc) is 3.52. The van der Waals surface area contributed by atoms with E-state index < -0.39 is 70.7 Å². The first-order valence-electron chi connectivity index (χ1n) is 21.9. The van der Waals surface area contributed by atoms with Crippen molar-refractivity contribution in [2.24, 2.45) is 41.4 Å². The van der Waals surface area contributed by atoms with Crippen LogP contribution >= 0.6 is 0 Å². The molecule has 0 radical (unpaired) electrons. The minimum atomic E-state index is -1.39. The first-order chi connectivity index (χ1) is 26.7. The summed E-state index contributed by atoms with van der Waals surface area (Å²) in [5.74, 6) is -6.41. The molecule has 0 aromatic rings. The smallest absolute Gasteiger partial charge is 0.311 e. The summed E-state index contributed by atoms with van der Waals surface area (Å²) in [5, 5.41) is 11.1. The number of hydrogen-bond acceptors (Lipinski definition) is 12. The number of ether oxygens (including phenoxy) is 7. The summed E-state index contributed by atoms with van der Waals surface area (Å²) in [5.41, 5.74) is -1.71. The second kappa shape index (κ2) is 17.8. The highest BCUT2D eigenvalue weighted by atomic mass is 16.8. The van der Waals surface area contributed by atoms with Gasteiger partial charge in [-0.05, 0) is 103 Å². The number of hydrogen-bond donors (Lipinski definition) is 1. The van der Waals surface area contributed by atoms with Crippen LogP contribution in [-0.2, 0) is 52.3 Å². The molecule has 1 N–H and O–H groups in total. The fraction of sp³-hybridized carbons (Fsp3) is 0.867. The van der Waals surface area contributed by atoms with E-state index in [1.807, 2.05) is 47.6 Å². The van der Waals surface area contributed by atoms with Crippen LogP contribution in [0.2, 0.25) is 0 Å². The van der Waals surface area contributed by atoms with Crippen molar-refractivity contribution < 1.29 is 57.4 Å². The molecule has 324 valence electrons. The molecule has 0 saturated carbocycles. The number of carbonyl (C=O) groups is 4. The van der Waals surface area contributed by atoms with Crippen LogP contribution < -0.4 is 0 Å². The molecule has 5 rings (SSSR count). The zero-order chi connectivity index (χ0) is 42.2. The lowest BCUT2D eigenvalue weighted by Gasteiger charge is -2.54. The van der Waals surface area contributed by atoms with Gasteiger partial charge in [0, 0.05) is 31.1 Å². The summed E-state index contributed by atoms with van der Waals surface area (Å²) in [7, 11) is 1.38. The minimum absolute atomic E-state index is 0.0330. The van der Waals surface area contributed by atoms with Gasteiger partial charge >= 0.3 is 11.9 Å². The van der Waals surface area contributed by atoms with Gasteiger partial charge in [-0.3, -0.25) is 19.2 Å². The number of esters is 2. The summed E-state index contributed by atoms with van der Waals surface area (Å²) < 4.78 is 44.9. The van der Waals surface area contributed by atoms with Crippen LogP contribution in [0, 0.1) is 41.4 Å². The van der Waals surface area contributed by atoms with E-state index in [1.165, 1.54) is 14.0 Å². The Labute approximate surface area is 340 Å². The number of rotatable bonds is 13. The maximum Gasteiger partial charge on any atom is 0.311 e. The average molecular weight is 805 g/mol. The molecule has 17 atom stereocenters. The third-order valence-corrected chi connectivity index (χ3v) is 14.7. The monoisotopic (exact) mass is 805 g/mol. The van der Waals surface area contributed by atoms with Gasteiger partial charge < -0.3 is 38.3 Å². The van der Waals surface area contributed by atoms with Crippen molar-refractivity contribution in [1.82, 2.24) is 0 Å². The van der Waals surface area contributed by atoms with Gasteiger partial charge in [-0.1, -0.05) is 48.5 Å². The molecule has 5 aliphatic rings. The Morgan fingerprint density at radius 3 is 2.14 bits per heavy atom. The molecule has 0 amide bonds. The molecule has 5 heterocycles. The van der Waals surface area contributed by atoms with Gasteiger partial charge in [0.25, 0.3) is 0 Å². The Morgan fingerprint density at radius 1 is 0.860 bits per heavy atom. The summed E-state index contributed by atoms with van der Waals surface area (Å²) in [6.07, 6.45) is 6.65. The third kappa shape index (κ3) is 8.83. The Balaban J connectivity index is 1.36. The molecule has 4 saturated heterocycles. The van der Waals surface area contributed by atoms with E-state index in [2.05, 4.69) is 20.8 Å². The van der Waals surface area contributed by atoms with Crippen LogP contribution in [0.15, 0.2) is 12.2 Å². The summed E-state index contributed by atoms with van der Waals surface area (Å²) >= 11 is 0. The molecular formula is C45H72O12. The maximum absolute atomic E-state index is 14.5. The Hall–Kier alpha value is -2.22. The molecule has 2 spiro atoms. The molecule has 1 unspecified atom stereocenters. The Morgan fingerprint density at radius 2 is 1.54 bits per heavy atom. The highest BCUT2D eigenvalue weighted by Gasteiger charge is 2.64. The molecule has 12 nitrogen and oxygen atoms in total. The highest BCUT2D eigenvalue weighted by molar-refractivity contribution is 6.04. The van der Waals surface area contributed by atoms with E-state index in [0.29, 0.717) is 57.8 Å². The fourth-order valence-electron chi connectivity index (χ4n) is 10.8. The molecule has 5 aliphatic heterocycles. The first-order valence-corrected chi connectivity index (χ1v) is 21.9. The van der Waals surface area contributed by atoms with Crippen molar-refractivity contribution in [3.63, 3.8) is 0 Å². The van der Waals surface area contributed by atoms with E-state index in [4.69, 9.17) is 33.2 Å². The van der Waals surface area contributed by atoms with Crippen molar-refractivity contribution >= 4 is 23.5 Å². The van der Waals surface area contributed by atoms with Crippen molar-refractivity contribution in [2.45, 2.75) is 200 Å². The van der Waals surface area contributed by atoms with Crippen LogP contribution in [0.3, 0.4) is 0 Å². The third-order valence-electron chi connectivity index (χ3n) is 14.7. The molecule has 4 fully saturated rings. The zero-order valence-electron chi connectivity index (χ0n) is 36.7. The SMILES string of the molecule is CC[C@@H](C(=O)C(C)C(=O)[C@H](C)[C@@H]1O[C@@H]([C@@H](CC)C(=O)OC)CC[C@@H]1C)[C@H]1O[C@]2(C=C[C@@H](OC(C)=O)[C@]3(CC[C@@](C)([C@H]4CC[C@](O)(CC)[C@H](C)O4)O3)O2)[C@H](C)C[C@@H]1C. The fourth-order valence-corrected chi connectivity index (χ4v) is 10.8. The predicted molar refractivity (Wildman–Crippen MR) is 212 cm³/mol. The number of methoxy groups -OCH3 is 1. The number of carbonyl (C=O) groups excluding carboxylic acids is 4. The lowest BCUT2D eigenvalue weighted by atomic mass is 9.73. The van der Waals surface area contributed by atoms with E-state index in [-0.39, 0.29) is 53.6 Å². The normalized spacial score (nSPS) is 42.9. The van der Waals surface area contributed by atoms with Gasteiger partial charge in [-0.2, -0.15) is 0 Å². The van der Waals surface area contributed by atoms with Crippen molar-refractivity contribution in [1.29, 1.82) is 0 Å². The van der Waals surface area contributed by atoms with Crippen LogP contribution in [0.5, 0.6) is 0 Å². The van der Waals surface area contributed by atoms with Crippen LogP contribution in [0.25, 0.3) is 0 Å². The lowest BCUT2D eigenvalue weighted by molar-refractivity contribution is -0.409. The van der Waals surface area contributed by atoms with Gasteiger partial charge in [-0.15, -0.1) is 0 Å². The number of aliphatic hydroxyl groups is 1. The first kappa shape index (κ1) is 45.9. The van der Waals surface area contributed by atoms with E-state index in [1.54, 1.807) is 13.0 Å². The molecule has 0 aromatic heterocycles. The number of ketones is 2. The van der Waals surface area contributed by atoms with Gasteiger partial charge in [-0.25, -0.2) is 0 Å². The van der Waals surface area contributed by atoms with Crippen LogP contribution in [0.4, 0.5) is 0 Å². The Kier molecular flexibility index (Phi) is 14.3. The molecule has 0 aromatic carbocycles.